The van der Waals surface area contributed by atoms with Gasteiger partial charge in [0.1, 0.15) is 11.6 Å². The van der Waals surface area contributed by atoms with E-state index in [0.717, 1.165) is 18.2 Å². The van der Waals surface area contributed by atoms with Crippen molar-refractivity contribution in [1.82, 2.24) is 14.8 Å². The average Bonchev–Trinajstić information content (AvgIpc) is 2.66. The molecule has 1 aromatic heterocycles. The summed E-state index contributed by atoms with van der Waals surface area (Å²) in [6.45, 7) is 5.28. The van der Waals surface area contributed by atoms with Gasteiger partial charge >= 0.3 is 0 Å². The van der Waals surface area contributed by atoms with Gasteiger partial charge in [0.15, 0.2) is 0 Å². The van der Waals surface area contributed by atoms with Crippen LogP contribution in [0.2, 0.25) is 0 Å². The van der Waals surface area contributed by atoms with Crippen molar-refractivity contribution in [3.8, 4) is 0 Å². The molecule has 90 valence electrons. The Labute approximate surface area is 101 Å². The van der Waals surface area contributed by atoms with Crippen LogP contribution in [0.3, 0.4) is 0 Å². The molecule has 17 heavy (non-hydrogen) atoms. The minimum absolute atomic E-state index is 0.288. The average molecular weight is 230 g/mol. The molecule has 0 saturated heterocycles. The molecule has 2 N–H and O–H groups in total. The van der Waals surface area contributed by atoms with Gasteiger partial charge in [0.05, 0.1) is 6.54 Å². The van der Waals surface area contributed by atoms with E-state index in [1.807, 2.05) is 36.7 Å². The Hall–Kier alpha value is -1.68. The first kappa shape index (κ1) is 11.8. The van der Waals surface area contributed by atoms with Crippen LogP contribution < -0.4 is 5.73 Å². The van der Waals surface area contributed by atoms with Gasteiger partial charge in [-0.1, -0.05) is 30.3 Å². The molecule has 0 bridgehead atoms. The SMILES string of the molecule is Cc1nc(C)n(CC(CN)c2ccccc2)n1. The molecule has 0 spiro atoms. The number of hydrogen-bond donors (Lipinski definition) is 1. The quantitative estimate of drug-likeness (QED) is 0.868. The summed E-state index contributed by atoms with van der Waals surface area (Å²) in [7, 11) is 0. The highest BCUT2D eigenvalue weighted by atomic mass is 15.3. The van der Waals surface area contributed by atoms with E-state index in [-0.39, 0.29) is 5.92 Å². The normalized spacial score (nSPS) is 12.6. The molecule has 1 unspecified atom stereocenters. The van der Waals surface area contributed by atoms with E-state index in [1.165, 1.54) is 5.56 Å². The number of aromatic nitrogens is 3. The van der Waals surface area contributed by atoms with Gasteiger partial charge in [-0.25, -0.2) is 9.67 Å². The van der Waals surface area contributed by atoms with E-state index in [9.17, 15) is 0 Å². The zero-order chi connectivity index (χ0) is 12.3. The first-order chi connectivity index (χ1) is 8.20. The third kappa shape index (κ3) is 2.71. The van der Waals surface area contributed by atoms with E-state index in [4.69, 9.17) is 5.73 Å². The highest BCUT2D eigenvalue weighted by molar-refractivity contribution is 5.19. The summed E-state index contributed by atoms with van der Waals surface area (Å²) in [5.74, 6) is 2.04. The number of nitrogens with two attached hydrogens (primary N) is 1. The smallest absolute Gasteiger partial charge is 0.147 e. The number of aryl methyl sites for hydroxylation is 2. The summed E-state index contributed by atoms with van der Waals surface area (Å²) in [6.07, 6.45) is 0. The van der Waals surface area contributed by atoms with Crippen LogP contribution in [0.15, 0.2) is 30.3 Å². The predicted octanol–water partition coefficient (Wildman–Crippen LogP) is 1.64. The standard InChI is InChI=1S/C13H18N4/c1-10-15-11(2)17(16-10)9-13(8-14)12-6-4-3-5-7-12/h3-7,13H,8-9,14H2,1-2H3. The number of benzene rings is 1. The first-order valence-electron chi connectivity index (χ1n) is 5.83. The predicted molar refractivity (Wildman–Crippen MR) is 67.7 cm³/mol. The maximum Gasteiger partial charge on any atom is 0.147 e. The minimum atomic E-state index is 0.288. The van der Waals surface area contributed by atoms with Gasteiger partial charge in [-0.2, -0.15) is 5.10 Å². The molecule has 0 aliphatic rings. The van der Waals surface area contributed by atoms with Crippen molar-refractivity contribution in [3.05, 3.63) is 47.5 Å². The second-order valence-electron chi connectivity index (χ2n) is 4.23. The summed E-state index contributed by atoms with van der Waals surface area (Å²) in [4.78, 5) is 4.30. The molecule has 1 atom stereocenters. The molecule has 4 heteroatoms. The Bertz CT molecular complexity index is 475. The van der Waals surface area contributed by atoms with Crippen LogP contribution >= 0.6 is 0 Å². The number of nitrogens with zero attached hydrogens (tertiary/aromatic N) is 3. The molecule has 2 rings (SSSR count). The largest absolute Gasteiger partial charge is 0.330 e. The van der Waals surface area contributed by atoms with Gasteiger partial charge in [0.25, 0.3) is 0 Å². The highest BCUT2D eigenvalue weighted by Crippen LogP contribution is 2.16. The number of rotatable bonds is 4. The minimum Gasteiger partial charge on any atom is -0.330 e. The van der Waals surface area contributed by atoms with E-state index >= 15 is 0 Å². The van der Waals surface area contributed by atoms with Crippen molar-refractivity contribution in [3.63, 3.8) is 0 Å². The van der Waals surface area contributed by atoms with Crippen molar-refractivity contribution < 1.29 is 0 Å². The van der Waals surface area contributed by atoms with Crippen LogP contribution in [0.4, 0.5) is 0 Å². The molecule has 0 amide bonds. The molecular formula is C13H18N4. The third-order valence-corrected chi connectivity index (χ3v) is 2.91. The fourth-order valence-electron chi connectivity index (χ4n) is 1.98. The fourth-order valence-corrected chi connectivity index (χ4v) is 1.98. The van der Waals surface area contributed by atoms with Crippen LogP contribution in [0.25, 0.3) is 0 Å². The van der Waals surface area contributed by atoms with Gasteiger partial charge in [-0.05, 0) is 19.4 Å². The van der Waals surface area contributed by atoms with Crippen molar-refractivity contribution in [2.45, 2.75) is 26.3 Å². The molecule has 1 aromatic carbocycles. The summed E-state index contributed by atoms with van der Waals surface area (Å²) >= 11 is 0. The maximum absolute atomic E-state index is 5.85. The topological polar surface area (TPSA) is 56.7 Å². The molecule has 0 fully saturated rings. The Balaban J connectivity index is 2.18. The van der Waals surface area contributed by atoms with Crippen LogP contribution in [-0.4, -0.2) is 21.3 Å². The van der Waals surface area contributed by atoms with E-state index < -0.39 is 0 Å². The zero-order valence-corrected chi connectivity index (χ0v) is 10.3. The lowest BCUT2D eigenvalue weighted by molar-refractivity contribution is 0.507. The van der Waals surface area contributed by atoms with Crippen LogP contribution in [0, 0.1) is 13.8 Å². The maximum atomic E-state index is 5.85. The summed E-state index contributed by atoms with van der Waals surface area (Å²) < 4.78 is 1.93. The second kappa shape index (κ2) is 5.10. The van der Waals surface area contributed by atoms with Gasteiger partial charge in [-0.15, -0.1) is 0 Å². The molecule has 0 saturated carbocycles. The number of hydrogen-bond acceptors (Lipinski definition) is 3. The Morgan fingerprint density at radius 3 is 2.47 bits per heavy atom. The van der Waals surface area contributed by atoms with E-state index in [2.05, 4.69) is 22.2 Å². The molecular weight excluding hydrogens is 212 g/mol. The molecule has 0 radical (unpaired) electrons. The fraction of sp³-hybridized carbons (Fsp3) is 0.385. The van der Waals surface area contributed by atoms with Crippen molar-refractivity contribution in [1.29, 1.82) is 0 Å². The summed E-state index contributed by atoms with van der Waals surface area (Å²) in [5, 5.41) is 4.37. The van der Waals surface area contributed by atoms with Gasteiger partial charge in [0.2, 0.25) is 0 Å². The van der Waals surface area contributed by atoms with Crippen LogP contribution in [0.1, 0.15) is 23.1 Å². The van der Waals surface area contributed by atoms with E-state index in [1.54, 1.807) is 0 Å². The molecule has 0 aliphatic carbocycles. The second-order valence-corrected chi connectivity index (χ2v) is 4.23. The lowest BCUT2D eigenvalue weighted by Crippen LogP contribution is -2.19. The Morgan fingerprint density at radius 2 is 1.94 bits per heavy atom. The van der Waals surface area contributed by atoms with Crippen LogP contribution in [-0.2, 0) is 6.54 Å². The van der Waals surface area contributed by atoms with E-state index in [0.29, 0.717) is 6.54 Å². The Kier molecular flexibility index (Phi) is 3.54. The monoisotopic (exact) mass is 230 g/mol. The molecule has 4 nitrogen and oxygen atoms in total. The highest BCUT2D eigenvalue weighted by Gasteiger charge is 2.12. The van der Waals surface area contributed by atoms with Gasteiger partial charge < -0.3 is 5.73 Å². The lowest BCUT2D eigenvalue weighted by Gasteiger charge is -2.15. The first-order valence-corrected chi connectivity index (χ1v) is 5.83. The van der Waals surface area contributed by atoms with Crippen molar-refractivity contribution in [2.24, 2.45) is 5.73 Å². The Morgan fingerprint density at radius 1 is 1.24 bits per heavy atom. The van der Waals surface area contributed by atoms with Crippen molar-refractivity contribution >= 4 is 0 Å². The molecule has 0 aliphatic heterocycles. The van der Waals surface area contributed by atoms with Crippen molar-refractivity contribution in [2.75, 3.05) is 6.54 Å². The lowest BCUT2D eigenvalue weighted by atomic mass is 9.99. The molecule has 2 aromatic rings. The van der Waals surface area contributed by atoms with Gasteiger partial charge in [0, 0.05) is 12.5 Å². The summed E-state index contributed by atoms with van der Waals surface area (Å²) in [5.41, 5.74) is 7.10. The molecule has 1 heterocycles. The van der Waals surface area contributed by atoms with Crippen LogP contribution in [0.5, 0.6) is 0 Å². The van der Waals surface area contributed by atoms with Gasteiger partial charge in [-0.3, -0.25) is 0 Å². The zero-order valence-electron chi connectivity index (χ0n) is 10.3. The third-order valence-electron chi connectivity index (χ3n) is 2.91. The summed E-state index contributed by atoms with van der Waals surface area (Å²) in [6, 6.07) is 10.3.